The quantitative estimate of drug-likeness (QED) is 0.610. The lowest BCUT2D eigenvalue weighted by Gasteiger charge is -2.16. The molecular weight excluding hydrogens is 255 g/mol. The van der Waals surface area contributed by atoms with Crippen molar-refractivity contribution in [3.05, 3.63) is 0 Å². The zero-order valence-electron chi connectivity index (χ0n) is 8.02. The SMILES string of the molecule is CC(C(=O)O)S(=O)(=O)NCC(O)C(F)(F)F. The smallest absolute Gasteiger partial charge is 0.415 e. The van der Waals surface area contributed by atoms with Gasteiger partial charge in [-0.3, -0.25) is 4.79 Å². The van der Waals surface area contributed by atoms with Gasteiger partial charge in [0.2, 0.25) is 10.0 Å². The van der Waals surface area contributed by atoms with Crippen LogP contribution in [0.1, 0.15) is 6.92 Å². The number of alkyl halides is 3. The molecule has 6 nitrogen and oxygen atoms in total. The summed E-state index contributed by atoms with van der Waals surface area (Å²) in [5.74, 6) is -1.70. The fourth-order valence-corrected chi connectivity index (χ4v) is 1.47. The summed E-state index contributed by atoms with van der Waals surface area (Å²) in [6.45, 7) is -0.520. The molecule has 0 radical (unpaired) electrons. The summed E-state index contributed by atoms with van der Waals surface area (Å²) < 4.78 is 58.8. The zero-order chi connectivity index (χ0) is 13.1. The van der Waals surface area contributed by atoms with Crippen molar-refractivity contribution in [2.45, 2.75) is 24.5 Å². The Bertz CT molecular complexity index is 352. The molecule has 0 aromatic rings. The van der Waals surface area contributed by atoms with Crippen LogP contribution in [0.2, 0.25) is 0 Å². The van der Waals surface area contributed by atoms with Gasteiger partial charge in [0.15, 0.2) is 11.4 Å². The standard InChI is InChI=1S/C6H10F3NO5S/c1-3(5(12)13)16(14,15)10-2-4(11)6(7,8)9/h3-4,10-11H,2H2,1H3,(H,12,13). The van der Waals surface area contributed by atoms with Crippen LogP contribution in [0.5, 0.6) is 0 Å². The van der Waals surface area contributed by atoms with Gasteiger partial charge in [-0.15, -0.1) is 0 Å². The summed E-state index contributed by atoms with van der Waals surface area (Å²) in [5, 5.41) is 14.9. The molecule has 0 fully saturated rings. The largest absolute Gasteiger partial charge is 0.480 e. The van der Waals surface area contributed by atoms with Crippen molar-refractivity contribution in [3.63, 3.8) is 0 Å². The molecule has 0 spiro atoms. The average Bonchev–Trinajstić information content (AvgIpc) is 2.11. The molecule has 2 atom stereocenters. The summed E-state index contributed by atoms with van der Waals surface area (Å²) in [6.07, 6.45) is -7.84. The summed E-state index contributed by atoms with van der Waals surface area (Å²) in [4.78, 5) is 10.3. The van der Waals surface area contributed by atoms with Crippen LogP contribution in [0, 0.1) is 0 Å². The molecule has 2 unspecified atom stereocenters. The molecule has 0 aliphatic rings. The van der Waals surface area contributed by atoms with Crippen LogP contribution in [-0.4, -0.2) is 48.7 Å². The molecule has 96 valence electrons. The third-order valence-electron chi connectivity index (χ3n) is 1.67. The predicted octanol–water partition coefficient (Wildman–Crippen LogP) is -0.698. The van der Waals surface area contributed by atoms with Crippen molar-refractivity contribution in [2.24, 2.45) is 0 Å². The van der Waals surface area contributed by atoms with E-state index in [1.54, 1.807) is 0 Å². The fourth-order valence-electron chi connectivity index (χ4n) is 0.569. The maximum absolute atomic E-state index is 11.8. The van der Waals surface area contributed by atoms with E-state index in [4.69, 9.17) is 10.2 Å². The van der Waals surface area contributed by atoms with Crippen LogP contribution in [0.25, 0.3) is 0 Å². The summed E-state index contributed by atoms with van der Waals surface area (Å²) in [7, 11) is -4.42. The van der Waals surface area contributed by atoms with Crippen molar-refractivity contribution in [3.8, 4) is 0 Å². The first-order valence-corrected chi connectivity index (χ1v) is 5.49. The minimum absolute atomic E-state index is 0.796. The Morgan fingerprint density at radius 3 is 2.19 bits per heavy atom. The first-order valence-electron chi connectivity index (χ1n) is 3.94. The molecule has 0 aliphatic carbocycles. The van der Waals surface area contributed by atoms with Crippen LogP contribution in [0.15, 0.2) is 0 Å². The van der Waals surface area contributed by atoms with Gasteiger partial charge in [0.25, 0.3) is 0 Å². The number of hydrogen-bond acceptors (Lipinski definition) is 4. The van der Waals surface area contributed by atoms with E-state index in [0.717, 1.165) is 6.92 Å². The van der Waals surface area contributed by atoms with Crippen LogP contribution in [0.3, 0.4) is 0 Å². The molecular formula is C6H10F3NO5S. The molecule has 10 heteroatoms. The number of hydrogen-bond donors (Lipinski definition) is 3. The maximum atomic E-state index is 11.8. The van der Waals surface area contributed by atoms with Crippen molar-refractivity contribution in [1.29, 1.82) is 0 Å². The van der Waals surface area contributed by atoms with Gasteiger partial charge in [-0.25, -0.2) is 13.1 Å². The number of sulfonamides is 1. The third-order valence-corrected chi connectivity index (χ3v) is 3.37. The highest BCUT2D eigenvalue weighted by Crippen LogP contribution is 2.19. The van der Waals surface area contributed by atoms with Crippen molar-refractivity contribution >= 4 is 16.0 Å². The lowest BCUT2D eigenvalue weighted by atomic mass is 10.4. The summed E-state index contributed by atoms with van der Waals surface area (Å²) in [6, 6.07) is 0. The van der Waals surface area contributed by atoms with Gasteiger partial charge < -0.3 is 10.2 Å². The molecule has 0 heterocycles. The average molecular weight is 265 g/mol. The van der Waals surface area contributed by atoms with E-state index in [1.807, 2.05) is 0 Å². The van der Waals surface area contributed by atoms with E-state index in [1.165, 1.54) is 4.72 Å². The van der Waals surface area contributed by atoms with E-state index in [-0.39, 0.29) is 0 Å². The lowest BCUT2D eigenvalue weighted by molar-refractivity contribution is -0.200. The number of aliphatic hydroxyl groups is 1. The monoisotopic (exact) mass is 265 g/mol. The topological polar surface area (TPSA) is 104 Å². The second kappa shape index (κ2) is 4.97. The number of aliphatic carboxylic acids is 1. The Hall–Kier alpha value is -0.870. The Morgan fingerprint density at radius 2 is 1.88 bits per heavy atom. The first-order chi connectivity index (χ1) is 6.98. The van der Waals surface area contributed by atoms with E-state index in [9.17, 15) is 26.4 Å². The minimum atomic E-state index is -4.96. The van der Waals surface area contributed by atoms with Gasteiger partial charge in [0.05, 0.1) is 0 Å². The normalized spacial score (nSPS) is 16.8. The highest BCUT2D eigenvalue weighted by Gasteiger charge is 2.39. The zero-order valence-corrected chi connectivity index (χ0v) is 8.84. The molecule has 16 heavy (non-hydrogen) atoms. The van der Waals surface area contributed by atoms with E-state index in [2.05, 4.69) is 0 Å². The highest BCUT2D eigenvalue weighted by atomic mass is 32.2. The van der Waals surface area contributed by atoms with Crippen LogP contribution < -0.4 is 4.72 Å². The number of halogens is 3. The number of nitrogens with one attached hydrogen (secondary N) is 1. The Balaban J connectivity index is 4.48. The van der Waals surface area contributed by atoms with Crippen LogP contribution >= 0.6 is 0 Å². The number of carbonyl (C=O) groups is 1. The lowest BCUT2D eigenvalue weighted by Crippen LogP contribution is -2.44. The third kappa shape index (κ3) is 4.33. The second-order valence-corrected chi connectivity index (χ2v) is 5.02. The minimum Gasteiger partial charge on any atom is -0.480 e. The predicted molar refractivity (Wildman–Crippen MR) is 46.1 cm³/mol. The second-order valence-electron chi connectivity index (χ2n) is 2.93. The van der Waals surface area contributed by atoms with Crippen molar-refractivity contribution in [2.75, 3.05) is 6.54 Å². The van der Waals surface area contributed by atoms with E-state index >= 15 is 0 Å². The summed E-state index contributed by atoms with van der Waals surface area (Å²) in [5.41, 5.74) is 0. The number of aliphatic hydroxyl groups excluding tert-OH is 1. The maximum Gasteiger partial charge on any atom is 0.415 e. The Kier molecular flexibility index (Phi) is 4.70. The van der Waals surface area contributed by atoms with Gasteiger partial charge >= 0.3 is 12.1 Å². The first kappa shape index (κ1) is 15.1. The van der Waals surface area contributed by atoms with Crippen molar-refractivity contribution < 1.29 is 36.6 Å². The Labute approximate surface area is 89.1 Å². The molecule has 0 bridgehead atoms. The molecule has 0 amide bonds. The highest BCUT2D eigenvalue weighted by molar-refractivity contribution is 7.90. The van der Waals surface area contributed by atoms with Crippen LogP contribution in [-0.2, 0) is 14.8 Å². The number of carboxylic acids is 1. The van der Waals surface area contributed by atoms with E-state index < -0.39 is 40.1 Å². The molecule has 0 aromatic carbocycles. The van der Waals surface area contributed by atoms with Gasteiger partial charge in [-0.1, -0.05) is 0 Å². The molecule has 0 rings (SSSR count). The Morgan fingerprint density at radius 1 is 1.44 bits per heavy atom. The molecule has 0 saturated heterocycles. The fraction of sp³-hybridized carbons (Fsp3) is 0.833. The molecule has 0 aliphatic heterocycles. The van der Waals surface area contributed by atoms with Crippen molar-refractivity contribution in [1.82, 2.24) is 4.72 Å². The summed E-state index contributed by atoms with van der Waals surface area (Å²) >= 11 is 0. The van der Waals surface area contributed by atoms with Gasteiger partial charge in [-0.2, -0.15) is 13.2 Å². The van der Waals surface area contributed by atoms with E-state index in [0.29, 0.717) is 0 Å². The molecule has 0 aromatic heterocycles. The van der Waals surface area contributed by atoms with Gasteiger partial charge in [0.1, 0.15) is 0 Å². The molecule has 0 saturated carbocycles. The van der Waals surface area contributed by atoms with Gasteiger partial charge in [0, 0.05) is 6.54 Å². The van der Waals surface area contributed by atoms with Gasteiger partial charge in [-0.05, 0) is 6.92 Å². The number of rotatable bonds is 5. The van der Waals surface area contributed by atoms with Crippen LogP contribution in [0.4, 0.5) is 13.2 Å². The number of carboxylic acid groups (broad SMARTS) is 1. The molecule has 3 N–H and O–H groups in total.